The summed E-state index contributed by atoms with van der Waals surface area (Å²) in [5, 5.41) is 10.00. The van der Waals surface area contributed by atoms with Gasteiger partial charge in [-0.3, -0.25) is 9.36 Å². The molecule has 1 aromatic heterocycles. The van der Waals surface area contributed by atoms with Gasteiger partial charge < -0.3 is 4.74 Å². The second-order valence-electron chi connectivity index (χ2n) is 7.00. The van der Waals surface area contributed by atoms with Crippen LogP contribution in [-0.4, -0.2) is 17.1 Å². The lowest BCUT2D eigenvalue weighted by Crippen LogP contribution is -2.18. The molecule has 0 unspecified atom stereocenters. The van der Waals surface area contributed by atoms with Crippen LogP contribution in [0.3, 0.4) is 0 Å². The monoisotopic (exact) mass is 332 g/mol. The number of nitriles is 1. The molecule has 126 valence electrons. The van der Waals surface area contributed by atoms with E-state index >= 15 is 0 Å². The Kier molecular flexibility index (Phi) is 4.33. The van der Waals surface area contributed by atoms with Crippen LogP contribution in [0, 0.1) is 11.3 Å². The molecule has 4 nitrogen and oxygen atoms in total. The Morgan fingerprint density at radius 2 is 1.80 bits per heavy atom. The van der Waals surface area contributed by atoms with Gasteiger partial charge in [-0.1, -0.05) is 51.1 Å². The number of nitrogens with zero attached hydrogens (tertiary/aromatic N) is 2. The highest BCUT2D eigenvalue weighted by atomic mass is 16.5. The van der Waals surface area contributed by atoms with Crippen LogP contribution >= 0.6 is 0 Å². The minimum absolute atomic E-state index is 0.0755. The fourth-order valence-corrected chi connectivity index (χ4v) is 2.74. The third-order valence-corrected chi connectivity index (χ3v) is 4.18. The van der Waals surface area contributed by atoms with E-state index in [0.29, 0.717) is 11.3 Å². The number of carbonyl (C=O) groups is 1. The van der Waals surface area contributed by atoms with E-state index in [9.17, 15) is 10.1 Å². The number of hydrogen-bond acceptors (Lipinski definition) is 3. The normalized spacial score (nSPS) is 11.3. The first-order valence-corrected chi connectivity index (χ1v) is 8.17. The van der Waals surface area contributed by atoms with Gasteiger partial charge in [0.1, 0.15) is 11.8 Å². The standard InChI is InChI=1S/C21H20N2O2/c1-21(2,3)16-8-10-17(11-9-16)25-14-20(24)23-13-15(12-22)18-6-4-5-7-19(18)23/h4-11,13H,14H2,1-3H3. The minimum Gasteiger partial charge on any atom is -0.484 e. The minimum atomic E-state index is -0.211. The summed E-state index contributed by atoms with van der Waals surface area (Å²) in [6.07, 6.45) is 1.57. The summed E-state index contributed by atoms with van der Waals surface area (Å²) in [7, 11) is 0. The number of aromatic nitrogens is 1. The fraction of sp³-hybridized carbons (Fsp3) is 0.238. The Bertz CT molecular complexity index is 954. The van der Waals surface area contributed by atoms with Gasteiger partial charge in [0.15, 0.2) is 6.61 Å². The van der Waals surface area contributed by atoms with Crippen LogP contribution in [-0.2, 0) is 5.41 Å². The summed E-state index contributed by atoms with van der Waals surface area (Å²) in [4.78, 5) is 12.5. The quantitative estimate of drug-likeness (QED) is 0.708. The number of hydrogen-bond donors (Lipinski definition) is 0. The van der Waals surface area contributed by atoms with Crippen LogP contribution in [0.4, 0.5) is 0 Å². The van der Waals surface area contributed by atoms with Crippen LogP contribution < -0.4 is 4.74 Å². The number of carbonyl (C=O) groups excluding carboxylic acids is 1. The molecule has 0 radical (unpaired) electrons. The highest BCUT2D eigenvalue weighted by Gasteiger charge is 2.15. The first-order chi connectivity index (χ1) is 11.9. The Labute approximate surface area is 147 Å². The molecule has 3 rings (SSSR count). The van der Waals surface area contributed by atoms with Crippen molar-refractivity contribution in [1.82, 2.24) is 4.57 Å². The number of benzene rings is 2. The molecule has 2 aromatic carbocycles. The van der Waals surface area contributed by atoms with Crippen LogP contribution in [0.25, 0.3) is 10.9 Å². The lowest BCUT2D eigenvalue weighted by Gasteiger charge is -2.19. The van der Waals surface area contributed by atoms with E-state index in [1.165, 1.54) is 10.1 Å². The lowest BCUT2D eigenvalue weighted by atomic mass is 9.87. The van der Waals surface area contributed by atoms with Crippen molar-refractivity contribution in [3.63, 3.8) is 0 Å². The van der Waals surface area contributed by atoms with Crippen molar-refractivity contribution in [2.24, 2.45) is 0 Å². The van der Waals surface area contributed by atoms with Crippen LogP contribution in [0.15, 0.2) is 54.7 Å². The maximum absolute atomic E-state index is 12.5. The molecule has 0 bridgehead atoms. The van der Waals surface area contributed by atoms with Crippen molar-refractivity contribution < 1.29 is 9.53 Å². The lowest BCUT2D eigenvalue weighted by molar-refractivity contribution is 0.0843. The first kappa shape index (κ1) is 16.8. The van der Waals surface area contributed by atoms with Gasteiger partial charge in [-0.2, -0.15) is 5.26 Å². The van der Waals surface area contributed by atoms with Gasteiger partial charge in [0.05, 0.1) is 11.1 Å². The van der Waals surface area contributed by atoms with Gasteiger partial charge in [0.2, 0.25) is 0 Å². The Morgan fingerprint density at radius 1 is 1.12 bits per heavy atom. The molecule has 0 fully saturated rings. The van der Waals surface area contributed by atoms with Crippen LogP contribution in [0.2, 0.25) is 0 Å². The maximum Gasteiger partial charge on any atom is 0.269 e. The third-order valence-electron chi connectivity index (χ3n) is 4.18. The van der Waals surface area contributed by atoms with Gasteiger partial charge in [0.25, 0.3) is 5.91 Å². The number of fused-ring (bicyclic) bond motifs is 1. The molecule has 0 aliphatic heterocycles. The van der Waals surface area contributed by atoms with Gasteiger partial charge in [-0.25, -0.2) is 0 Å². The van der Waals surface area contributed by atoms with E-state index in [1.807, 2.05) is 48.5 Å². The molecule has 0 aliphatic carbocycles. The Morgan fingerprint density at radius 3 is 2.44 bits per heavy atom. The van der Waals surface area contributed by atoms with E-state index in [0.717, 1.165) is 10.9 Å². The molecular weight excluding hydrogens is 312 g/mol. The average molecular weight is 332 g/mol. The highest BCUT2D eigenvalue weighted by Crippen LogP contribution is 2.24. The summed E-state index contributed by atoms with van der Waals surface area (Å²) in [5.74, 6) is 0.441. The summed E-state index contributed by atoms with van der Waals surface area (Å²) in [6, 6.07) is 17.3. The molecule has 0 N–H and O–H groups in total. The van der Waals surface area contributed by atoms with Crippen molar-refractivity contribution >= 4 is 16.8 Å². The summed E-state index contributed by atoms with van der Waals surface area (Å²) < 4.78 is 7.11. The van der Waals surface area contributed by atoms with E-state index in [2.05, 4.69) is 26.8 Å². The van der Waals surface area contributed by atoms with Crippen molar-refractivity contribution in [2.45, 2.75) is 26.2 Å². The molecule has 0 saturated carbocycles. The van der Waals surface area contributed by atoms with E-state index < -0.39 is 0 Å². The summed E-state index contributed by atoms with van der Waals surface area (Å²) >= 11 is 0. The molecule has 0 saturated heterocycles. The van der Waals surface area contributed by atoms with Crippen molar-refractivity contribution in [1.29, 1.82) is 5.26 Å². The molecule has 25 heavy (non-hydrogen) atoms. The second-order valence-corrected chi connectivity index (χ2v) is 7.00. The molecule has 1 heterocycles. The van der Waals surface area contributed by atoms with Gasteiger partial charge in [0, 0.05) is 11.6 Å². The molecule has 0 amide bonds. The van der Waals surface area contributed by atoms with Crippen LogP contribution in [0.5, 0.6) is 5.75 Å². The van der Waals surface area contributed by atoms with Crippen LogP contribution in [0.1, 0.15) is 36.7 Å². The molecule has 0 aliphatic rings. The molecule has 4 heteroatoms. The third kappa shape index (κ3) is 3.41. The van der Waals surface area contributed by atoms with E-state index in [-0.39, 0.29) is 17.9 Å². The topological polar surface area (TPSA) is 55.0 Å². The smallest absolute Gasteiger partial charge is 0.269 e. The Hall–Kier alpha value is -3.06. The summed E-state index contributed by atoms with van der Waals surface area (Å²) in [5.41, 5.74) is 2.49. The molecular formula is C21H20N2O2. The fourth-order valence-electron chi connectivity index (χ4n) is 2.74. The largest absolute Gasteiger partial charge is 0.484 e. The van der Waals surface area contributed by atoms with Gasteiger partial charge in [-0.15, -0.1) is 0 Å². The average Bonchev–Trinajstić information content (AvgIpc) is 2.98. The predicted molar refractivity (Wildman–Crippen MR) is 97.9 cm³/mol. The zero-order chi connectivity index (χ0) is 18.0. The number of rotatable bonds is 3. The summed E-state index contributed by atoms with van der Waals surface area (Å²) in [6.45, 7) is 6.36. The van der Waals surface area contributed by atoms with E-state index in [4.69, 9.17) is 4.74 Å². The highest BCUT2D eigenvalue weighted by molar-refractivity contribution is 5.96. The Balaban J connectivity index is 1.77. The second kappa shape index (κ2) is 6.45. The maximum atomic E-state index is 12.5. The molecule has 0 atom stereocenters. The number of para-hydroxylation sites is 1. The van der Waals surface area contributed by atoms with E-state index in [1.54, 1.807) is 6.20 Å². The van der Waals surface area contributed by atoms with Crippen molar-refractivity contribution in [3.8, 4) is 11.8 Å². The zero-order valence-corrected chi connectivity index (χ0v) is 14.6. The van der Waals surface area contributed by atoms with Crippen molar-refractivity contribution in [2.75, 3.05) is 6.61 Å². The molecule has 3 aromatic rings. The SMILES string of the molecule is CC(C)(C)c1ccc(OCC(=O)n2cc(C#N)c3ccccc32)cc1. The van der Waals surface area contributed by atoms with Gasteiger partial charge in [-0.05, 0) is 29.2 Å². The first-order valence-electron chi connectivity index (χ1n) is 8.17. The van der Waals surface area contributed by atoms with Gasteiger partial charge >= 0.3 is 0 Å². The van der Waals surface area contributed by atoms with Crippen molar-refractivity contribution in [3.05, 3.63) is 65.9 Å². The number of ether oxygens (including phenoxy) is 1. The molecule has 0 spiro atoms. The zero-order valence-electron chi connectivity index (χ0n) is 14.6. The predicted octanol–water partition coefficient (Wildman–Crippen LogP) is 4.53.